The Balaban J connectivity index is 2.30. The molecule has 1 amide bonds. The highest BCUT2D eigenvalue weighted by atomic mass is 35.5. The molecule has 6 heteroatoms. The van der Waals surface area contributed by atoms with E-state index in [-0.39, 0.29) is 23.4 Å². The second-order valence-corrected chi connectivity index (χ2v) is 8.41. The second kappa shape index (κ2) is 9.00. The molecule has 0 saturated carbocycles. The number of carbonyl (C=O) groups is 1. The van der Waals surface area contributed by atoms with Crippen LogP contribution in [0.5, 0.6) is 0 Å². The van der Waals surface area contributed by atoms with Gasteiger partial charge in [0.1, 0.15) is 5.82 Å². The van der Waals surface area contributed by atoms with Crippen LogP contribution in [-0.2, 0) is 4.79 Å². The van der Waals surface area contributed by atoms with E-state index in [0.717, 1.165) is 17.7 Å². The Kier molecular flexibility index (Phi) is 6.61. The van der Waals surface area contributed by atoms with Crippen molar-refractivity contribution in [3.05, 3.63) is 69.2 Å². The van der Waals surface area contributed by atoms with Crippen LogP contribution < -0.4 is 5.56 Å². The van der Waals surface area contributed by atoms with Crippen molar-refractivity contribution in [1.82, 2.24) is 14.5 Å². The molecule has 0 N–H and O–H groups in total. The van der Waals surface area contributed by atoms with E-state index >= 15 is 0 Å². The van der Waals surface area contributed by atoms with Gasteiger partial charge < -0.3 is 4.90 Å². The largest absolute Gasteiger partial charge is 0.333 e. The molecular formula is C24H28ClN3O2. The molecule has 1 unspecified atom stereocenters. The fourth-order valence-corrected chi connectivity index (χ4v) is 3.77. The molecule has 5 nitrogen and oxygen atoms in total. The Morgan fingerprint density at radius 2 is 1.80 bits per heavy atom. The topological polar surface area (TPSA) is 55.2 Å². The molecule has 0 aliphatic carbocycles. The second-order valence-electron chi connectivity index (χ2n) is 7.97. The summed E-state index contributed by atoms with van der Waals surface area (Å²) < 4.78 is 1.62. The molecule has 0 spiro atoms. The third kappa shape index (κ3) is 4.26. The van der Waals surface area contributed by atoms with Crippen LogP contribution in [0.1, 0.15) is 51.5 Å². The van der Waals surface area contributed by atoms with Gasteiger partial charge in [-0.2, -0.15) is 0 Å². The Bertz CT molecular complexity index is 1120. The molecule has 3 aromatic rings. The van der Waals surface area contributed by atoms with Gasteiger partial charge in [0.25, 0.3) is 5.56 Å². The Labute approximate surface area is 182 Å². The van der Waals surface area contributed by atoms with Crippen LogP contribution in [-0.4, -0.2) is 26.9 Å². The van der Waals surface area contributed by atoms with Crippen molar-refractivity contribution in [2.24, 2.45) is 5.92 Å². The number of amides is 1. The lowest BCUT2D eigenvalue weighted by Gasteiger charge is -2.31. The van der Waals surface area contributed by atoms with E-state index in [2.05, 4.69) is 0 Å². The maximum Gasteiger partial charge on any atom is 0.266 e. The van der Waals surface area contributed by atoms with Crippen molar-refractivity contribution >= 4 is 28.4 Å². The highest BCUT2D eigenvalue weighted by Gasteiger charge is 2.27. The standard InChI is InChI=1S/C24H28ClN3O2/c1-6-13-27(23(29)15(2)3)17(5)22-26-21-14-18(25)9-12-20(21)24(30)28(22)19-10-7-16(4)8-11-19/h7-12,14-15,17H,6,13H2,1-5H3. The van der Waals surface area contributed by atoms with Gasteiger partial charge >= 0.3 is 0 Å². The average Bonchev–Trinajstić information content (AvgIpc) is 2.71. The predicted octanol–water partition coefficient (Wildman–Crippen LogP) is 5.30. The lowest BCUT2D eigenvalue weighted by Crippen LogP contribution is -2.40. The summed E-state index contributed by atoms with van der Waals surface area (Å²) in [6.45, 7) is 10.3. The normalized spacial score (nSPS) is 12.4. The molecule has 1 aromatic heterocycles. The zero-order valence-corrected chi connectivity index (χ0v) is 18.9. The fourth-order valence-electron chi connectivity index (χ4n) is 3.61. The van der Waals surface area contributed by atoms with Crippen LogP contribution in [0.3, 0.4) is 0 Å². The maximum atomic E-state index is 13.5. The number of fused-ring (bicyclic) bond motifs is 1. The van der Waals surface area contributed by atoms with Crippen LogP contribution in [0.2, 0.25) is 5.02 Å². The van der Waals surface area contributed by atoms with E-state index in [4.69, 9.17) is 16.6 Å². The number of hydrogen-bond acceptors (Lipinski definition) is 3. The van der Waals surface area contributed by atoms with Crippen LogP contribution >= 0.6 is 11.6 Å². The minimum Gasteiger partial charge on any atom is -0.333 e. The van der Waals surface area contributed by atoms with Crippen molar-refractivity contribution in [3.63, 3.8) is 0 Å². The molecule has 2 aromatic carbocycles. The summed E-state index contributed by atoms with van der Waals surface area (Å²) in [5.74, 6) is 0.426. The Morgan fingerprint density at radius 3 is 2.40 bits per heavy atom. The molecule has 3 rings (SSSR count). The number of aromatic nitrogens is 2. The van der Waals surface area contributed by atoms with Crippen molar-refractivity contribution < 1.29 is 4.79 Å². The summed E-state index contributed by atoms with van der Waals surface area (Å²) in [5, 5.41) is 1.01. The van der Waals surface area contributed by atoms with E-state index in [1.54, 1.807) is 22.8 Å². The van der Waals surface area contributed by atoms with Gasteiger partial charge in [-0.1, -0.05) is 50.1 Å². The van der Waals surface area contributed by atoms with E-state index in [1.165, 1.54) is 0 Å². The summed E-state index contributed by atoms with van der Waals surface area (Å²) in [5.41, 5.74) is 2.19. The third-order valence-electron chi connectivity index (χ3n) is 5.23. The first-order chi connectivity index (χ1) is 14.2. The minimum atomic E-state index is -0.378. The van der Waals surface area contributed by atoms with Gasteiger partial charge in [0.2, 0.25) is 5.91 Å². The van der Waals surface area contributed by atoms with Crippen molar-refractivity contribution in [3.8, 4) is 5.69 Å². The number of nitrogens with zero attached hydrogens (tertiary/aromatic N) is 3. The van der Waals surface area contributed by atoms with Crippen LogP contribution in [0.4, 0.5) is 0 Å². The minimum absolute atomic E-state index is 0.0419. The summed E-state index contributed by atoms with van der Waals surface area (Å²) in [6.07, 6.45) is 0.816. The molecule has 0 bridgehead atoms. The van der Waals surface area contributed by atoms with Gasteiger partial charge in [-0.05, 0) is 50.6 Å². The zero-order valence-electron chi connectivity index (χ0n) is 18.1. The highest BCUT2D eigenvalue weighted by Crippen LogP contribution is 2.25. The van der Waals surface area contributed by atoms with E-state index in [0.29, 0.717) is 28.3 Å². The quantitative estimate of drug-likeness (QED) is 0.538. The molecule has 158 valence electrons. The number of halogens is 1. The van der Waals surface area contributed by atoms with Gasteiger partial charge in [-0.3, -0.25) is 14.2 Å². The van der Waals surface area contributed by atoms with Gasteiger partial charge in [0, 0.05) is 17.5 Å². The molecular weight excluding hydrogens is 398 g/mol. The number of benzene rings is 2. The lowest BCUT2D eigenvalue weighted by atomic mass is 10.1. The average molecular weight is 426 g/mol. The Morgan fingerprint density at radius 1 is 1.13 bits per heavy atom. The smallest absolute Gasteiger partial charge is 0.266 e. The maximum absolute atomic E-state index is 13.5. The fraction of sp³-hybridized carbons (Fsp3) is 0.375. The van der Waals surface area contributed by atoms with Gasteiger partial charge in [0.15, 0.2) is 0 Å². The van der Waals surface area contributed by atoms with Crippen LogP contribution in [0, 0.1) is 12.8 Å². The van der Waals surface area contributed by atoms with Gasteiger partial charge in [0.05, 0.1) is 22.6 Å². The number of aryl methyl sites for hydroxylation is 1. The summed E-state index contributed by atoms with van der Waals surface area (Å²) in [6, 6.07) is 12.5. The highest BCUT2D eigenvalue weighted by molar-refractivity contribution is 6.31. The molecule has 0 aliphatic rings. The number of rotatable bonds is 6. The monoisotopic (exact) mass is 425 g/mol. The first kappa shape index (κ1) is 22.0. The van der Waals surface area contributed by atoms with Gasteiger partial charge in [-0.15, -0.1) is 0 Å². The van der Waals surface area contributed by atoms with Crippen molar-refractivity contribution in [2.75, 3.05) is 6.54 Å². The number of hydrogen-bond donors (Lipinski definition) is 0. The van der Waals surface area contributed by atoms with Crippen molar-refractivity contribution in [2.45, 2.75) is 47.1 Å². The predicted molar refractivity (Wildman–Crippen MR) is 122 cm³/mol. The molecule has 0 radical (unpaired) electrons. The van der Waals surface area contributed by atoms with E-state index < -0.39 is 0 Å². The van der Waals surface area contributed by atoms with Crippen LogP contribution in [0.25, 0.3) is 16.6 Å². The summed E-state index contributed by atoms with van der Waals surface area (Å²) in [4.78, 5) is 33.1. The molecule has 30 heavy (non-hydrogen) atoms. The van der Waals surface area contributed by atoms with E-state index in [9.17, 15) is 9.59 Å². The van der Waals surface area contributed by atoms with Crippen molar-refractivity contribution in [1.29, 1.82) is 0 Å². The first-order valence-electron chi connectivity index (χ1n) is 10.3. The molecule has 0 fully saturated rings. The first-order valence-corrected chi connectivity index (χ1v) is 10.7. The lowest BCUT2D eigenvalue weighted by molar-refractivity contribution is -0.136. The number of carbonyl (C=O) groups excluding carboxylic acids is 1. The molecule has 1 atom stereocenters. The summed E-state index contributed by atoms with van der Waals surface area (Å²) >= 11 is 6.17. The third-order valence-corrected chi connectivity index (χ3v) is 5.47. The molecule has 0 saturated heterocycles. The zero-order chi connectivity index (χ0) is 22.0. The van der Waals surface area contributed by atoms with Gasteiger partial charge in [-0.25, -0.2) is 4.98 Å². The molecule has 1 heterocycles. The summed E-state index contributed by atoms with van der Waals surface area (Å²) in [7, 11) is 0. The SMILES string of the molecule is CCCN(C(=O)C(C)C)C(C)c1nc2cc(Cl)ccc2c(=O)n1-c1ccc(C)cc1. The van der Waals surface area contributed by atoms with E-state index in [1.807, 2.05) is 63.8 Å². The molecule has 0 aliphatic heterocycles. The Hall–Kier alpha value is -2.66. The van der Waals surface area contributed by atoms with Crippen LogP contribution in [0.15, 0.2) is 47.3 Å².